The van der Waals surface area contributed by atoms with E-state index in [9.17, 15) is 9.59 Å². The van der Waals surface area contributed by atoms with Crippen LogP contribution in [0, 0.1) is 6.92 Å². The third-order valence-corrected chi connectivity index (χ3v) is 3.74. The number of carbonyl (C=O) groups excluding carboxylic acids is 1. The van der Waals surface area contributed by atoms with Crippen molar-refractivity contribution in [1.82, 2.24) is 9.99 Å². The highest BCUT2D eigenvalue weighted by molar-refractivity contribution is 9.10. The monoisotopic (exact) mass is 335 g/mol. The third-order valence-electron chi connectivity index (χ3n) is 3.00. The Bertz CT molecular complexity index is 710. The summed E-state index contributed by atoms with van der Waals surface area (Å²) in [5.74, 6) is 4.74. The normalized spacial score (nSPS) is 10.3. The number of nitrogen functional groups attached to an aromatic ring is 1. The maximum Gasteiger partial charge on any atom is 0.265 e. The Kier molecular flexibility index (Phi) is 4.36. The summed E-state index contributed by atoms with van der Waals surface area (Å²) in [6.07, 6.45) is 1.74. The molecular formula is C14H14BrN3O2. The molecule has 0 aliphatic carbocycles. The summed E-state index contributed by atoms with van der Waals surface area (Å²) in [4.78, 5) is 23.4. The van der Waals surface area contributed by atoms with Gasteiger partial charge in [-0.2, -0.15) is 0 Å². The van der Waals surface area contributed by atoms with Crippen molar-refractivity contribution in [2.24, 2.45) is 5.84 Å². The van der Waals surface area contributed by atoms with E-state index in [0.29, 0.717) is 17.7 Å². The first-order valence-corrected chi connectivity index (χ1v) is 6.77. The van der Waals surface area contributed by atoms with Gasteiger partial charge < -0.3 is 4.57 Å². The number of nitrogens with zero attached hydrogens (tertiary/aromatic N) is 1. The van der Waals surface area contributed by atoms with E-state index in [1.165, 1.54) is 0 Å². The minimum Gasteiger partial charge on any atom is -0.311 e. The Balaban J connectivity index is 2.33. The lowest BCUT2D eigenvalue weighted by atomic mass is 10.1. The first-order valence-electron chi connectivity index (χ1n) is 5.98. The molecule has 0 unspecified atom stereocenters. The van der Waals surface area contributed by atoms with Crippen molar-refractivity contribution in [3.63, 3.8) is 0 Å². The first kappa shape index (κ1) is 14.5. The molecule has 1 aromatic heterocycles. The molecule has 20 heavy (non-hydrogen) atoms. The summed E-state index contributed by atoms with van der Waals surface area (Å²) in [5.41, 5.74) is 4.12. The van der Waals surface area contributed by atoms with Crippen LogP contribution in [0.2, 0.25) is 0 Å². The van der Waals surface area contributed by atoms with Gasteiger partial charge in [0, 0.05) is 21.8 Å². The van der Waals surface area contributed by atoms with Gasteiger partial charge in [0.15, 0.2) is 0 Å². The van der Waals surface area contributed by atoms with E-state index in [1.807, 2.05) is 6.07 Å². The number of hydrogen-bond acceptors (Lipinski definition) is 3. The topological polar surface area (TPSA) is 77.1 Å². The van der Waals surface area contributed by atoms with Gasteiger partial charge in [0.2, 0.25) is 0 Å². The molecule has 3 N–H and O–H groups in total. The quantitative estimate of drug-likeness (QED) is 0.507. The smallest absolute Gasteiger partial charge is 0.265 e. The van der Waals surface area contributed by atoms with E-state index in [2.05, 4.69) is 21.4 Å². The highest BCUT2D eigenvalue weighted by atomic mass is 79.9. The molecule has 1 aromatic carbocycles. The average molecular weight is 336 g/mol. The van der Waals surface area contributed by atoms with E-state index < -0.39 is 0 Å². The van der Waals surface area contributed by atoms with Crippen LogP contribution in [0.4, 0.5) is 0 Å². The molecule has 0 saturated carbocycles. The third kappa shape index (κ3) is 2.97. The van der Waals surface area contributed by atoms with Crippen molar-refractivity contribution in [2.75, 3.05) is 0 Å². The number of nitrogens with two attached hydrogens (primary N) is 1. The Morgan fingerprint density at radius 3 is 2.80 bits per heavy atom. The number of aryl methyl sites for hydroxylation is 1. The highest BCUT2D eigenvalue weighted by Gasteiger charge is 2.08. The summed E-state index contributed by atoms with van der Waals surface area (Å²) in [5, 5.41) is 0. The maximum absolute atomic E-state index is 12.0. The van der Waals surface area contributed by atoms with Gasteiger partial charge in [0.25, 0.3) is 11.5 Å². The van der Waals surface area contributed by atoms with Gasteiger partial charge in [-0.15, -0.1) is 0 Å². The number of pyridine rings is 1. The molecule has 0 fully saturated rings. The van der Waals surface area contributed by atoms with E-state index in [1.54, 1.807) is 42.0 Å². The summed E-state index contributed by atoms with van der Waals surface area (Å²) in [7, 11) is 0. The molecule has 0 radical (unpaired) electrons. The van der Waals surface area contributed by atoms with Crippen LogP contribution in [0.3, 0.4) is 0 Å². The number of hydrogen-bond donors (Lipinski definition) is 2. The summed E-state index contributed by atoms with van der Waals surface area (Å²) in [6, 6.07) is 8.76. The number of rotatable bonds is 3. The second kappa shape index (κ2) is 6.02. The Labute approximate surface area is 124 Å². The molecule has 2 rings (SSSR count). The molecule has 2 aromatic rings. The fourth-order valence-corrected chi connectivity index (χ4v) is 2.37. The van der Waals surface area contributed by atoms with Crippen molar-refractivity contribution >= 4 is 21.8 Å². The number of amides is 1. The molecule has 6 heteroatoms. The van der Waals surface area contributed by atoms with Crippen molar-refractivity contribution in [2.45, 2.75) is 13.5 Å². The van der Waals surface area contributed by atoms with Crippen molar-refractivity contribution in [3.05, 3.63) is 68.0 Å². The van der Waals surface area contributed by atoms with Crippen LogP contribution < -0.4 is 16.8 Å². The number of benzene rings is 1. The summed E-state index contributed by atoms with van der Waals surface area (Å²) in [6.45, 7) is 2.22. The fourth-order valence-electron chi connectivity index (χ4n) is 1.86. The number of aromatic nitrogens is 1. The SMILES string of the molecule is Cc1cccn(Cc2ccc(C(=O)NN)cc2Br)c1=O. The lowest BCUT2D eigenvalue weighted by Gasteiger charge is -2.09. The molecule has 5 nitrogen and oxygen atoms in total. The molecule has 1 amide bonds. The van der Waals surface area contributed by atoms with Gasteiger partial charge in [-0.05, 0) is 30.7 Å². The number of halogens is 1. The van der Waals surface area contributed by atoms with Crippen LogP contribution in [-0.2, 0) is 6.54 Å². The highest BCUT2D eigenvalue weighted by Crippen LogP contribution is 2.19. The lowest BCUT2D eigenvalue weighted by Crippen LogP contribution is -2.30. The maximum atomic E-state index is 12.0. The van der Waals surface area contributed by atoms with Crippen molar-refractivity contribution in [1.29, 1.82) is 0 Å². The number of nitrogens with one attached hydrogen (secondary N) is 1. The zero-order valence-corrected chi connectivity index (χ0v) is 12.5. The Hall–Kier alpha value is -1.92. The van der Waals surface area contributed by atoms with Crippen LogP contribution in [0.25, 0.3) is 0 Å². The second-order valence-corrected chi connectivity index (χ2v) is 5.26. The van der Waals surface area contributed by atoms with E-state index in [-0.39, 0.29) is 11.5 Å². The molecule has 0 saturated heterocycles. The van der Waals surface area contributed by atoms with Gasteiger partial charge >= 0.3 is 0 Å². The molecule has 0 spiro atoms. The van der Waals surface area contributed by atoms with Gasteiger partial charge in [0.1, 0.15) is 0 Å². The predicted octanol–water partition coefficient (Wildman–Crippen LogP) is 1.57. The van der Waals surface area contributed by atoms with Crippen LogP contribution in [-0.4, -0.2) is 10.5 Å². The van der Waals surface area contributed by atoms with Crippen LogP contribution in [0.5, 0.6) is 0 Å². The molecule has 0 atom stereocenters. The molecule has 0 bridgehead atoms. The van der Waals surface area contributed by atoms with Gasteiger partial charge in [-0.3, -0.25) is 15.0 Å². The minimum absolute atomic E-state index is 0.0248. The zero-order chi connectivity index (χ0) is 14.7. The van der Waals surface area contributed by atoms with E-state index in [4.69, 9.17) is 5.84 Å². The van der Waals surface area contributed by atoms with Crippen molar-refractivity contribution < 1.29 is 4.79 Å². The molecule has 0 aliphatic rings. The molecule has 104 valence electrons. The Morgan fingerprint density at radius 1 is 1.40 bits per heavy atom. The number of carbonyl (C=O) groups is 1. The average Bonchev–Trinajstić information content (AvgIpc) is 2.45. The zero-order valence-electron chi connectivity index (χ0n) is 10.9. The van der Waals surface area contributed by atoms with E-state index in [0.717, 1.165) is 10.0 Å². The largest absolute Gasteiger partial charge is 0.311 e. The van der Waals surface area contributed by atoms with Gasteiger partial charge in [-0.1, -0.05) is 28.1 Å². The van der Waals surface area contributed by atoms with E-state index >= 15 is 0 Å². The summed E-state index contributed by atoms with van der Waals surface area (Å²) < 4.78 is 2.38. The predicted molar refractivity (Wildman–Crippen MR) is 80.3 cm³/mol. The first-order chi connectivity index (χ1) is 9.52. The van der Waals surface area contributed by atoms with Gasteiger partial charge in [-0.25, -0.2) is 5.84 Å². The molecule has 1 heterocycles. The molecular weight excluding hydrogens is 322 g/mol. The minimum atomic E-state index is -0.357. The van der Waals surface area contributed by atoms with Crippen LogP contribution in [0.1, 0.15) is 21.5 Å². The number of hydrazine groups is 1. The molecule has 0 aliphatic heterocycles. The van der Waals surface area contributed by atoms with Crippen LogP contribution in [0.15, 0.2) is 45.8 Å². The van der Waals surface area contributed by atoms with Crippen LogP contribution >= 0.6 is 15.9 Å². The Morgan fingerprint density at radius 2 is 2.15 bits per heavy atom. The fraction of sp³-hybridized carbons (Fsp3) is 0.143. The second-order valence-electron chi connectivity index (χ2n) is 4.40. The van der Waals surface area contributed by atoms with Gasteiger partial charge in [0.05, 0.1) is 6.54 Å². The summed E-state index contributed by atoms with van der Waals surface area (Å²) >= 11 is 3.41. The standard InChI is InChI=1S/C14H14BrN3O2/c1-9-3-2-6-18(14(9)20)8-11-5-4-10(7-12(11)15)13(19)17-16/h2-7H,8,16H2,1H3,(H,17,19). The van der Waals surface area contributed by atoms with Crippen molar-refractivity contribution in [3.8, 4) is 0 Å². The lowest BCUT2D eigenvalue weighted by molar-refractivity contribution is 0.0953.